The largest absolute Gasteiger partial charge is 0.379 e. The van der Waals surface area contributed by atoms with Gasteiger partial charge in [0.15, 0.2) is 0 Å². The molecule has 1 aliphatic rings. The fraction of sp³-hybridized carbons (Fsp3) is 0.448. The highest BCUT2D eigenvalue weighted by molar-refractivity contribution is 7.90. The lowest BCUT2D eigenvalue weighted by atomic mass is 10.1. The zero-order chi connectivity index (χ0) is 28.9. The maximum atomic E-state index is 13.8. The van der Waals surface area contributed by atoms with Gasteiger partial charge >= 0.3 is 0 Å². The van der Waals surface area contributed by atoms with E-state index in [9.17, 15) is 13.2 Å². The Morgan fingerprint density at radius 2 is 1.85 bits per heavy atom. The zero-order valence-corrected chi connectivity index (χ0v) is 25.5. The van der Waals surface area contributed by atoms with Crippen molar-refractivity contribution in [2.45, 2.75) is 44.8 Å². The van der Waals surface area contributed by atoms with Crippen molar-refractivity contribution in [3.8, 4) is 0 Å². The number of imidazole rings is 1. The van der Waals surface area contributed by atoms with Gasteiger partial charge in [0.05, 0.1) is 48.0 Å². The van der Waals surface area contributed by atoms with Gasteiger partial charge in [-0.3, -0.25) is 9.69 Å². The molecule has 0 unspecified atom stereocenters. The molecule has 8 nitrogen and oxygen atoms in total. The van der Waals surface area contributed by atoms with Crippen LogP contribution >= 0.6 is 23.2 Å². The van der Waals surface area contributed by atoms with Crippen LogP contribution in [-0.2, 0) is 33.4 Å². The lowest BCUT2D eigenvalue weighted by Gasteiger charge is -2.30. The number of morpholine rings is 1. The number of hydrogen-bond acceptors (Lipinski definition) is 6. The van der Waals surface area contributed by atoms with Crippen molar-refractivity contribution in [2.75, 3.05) is 39.4 Å². The first-order valence-electron chi connectivity index (χ1n) is 13.4. The van der Waals surface area contributed by atoms with Gasteiger partial charge in [-0.25, -0.2) is 13.4 Å². The van der Waals surface area contributed by atoms with Crippen molar-refractivity contribution < 1.29 is 17.9 Å². The fourth-order valence-corrected chi connectivity index (χ4v) is 6.83. The lowest BCUT2D eigenvalue weighted by molar-refractivity contribution is 0.0319. The Morgan fingerprint density at radius 3 is 2.52 bits per heavy atom. The van der Waals surface area contributed by atoms with Gasteiger partial charge in [0, 0.05) is 37.7 Å². The summed E-state index contributed by atoms with van der Waals surface area (Å²) in [5, 5.41) is 0.732. The van der Waals surface area contributed by atoms with Gasteiger partial charge < -0.3 is 14.2 Å². The van der Waals surface area contributed by atoms with E-state index in [0.717, 1.165) is 24.2 Å². The molecule has 1 fully saturated rings. The fourth-order valence-electron chi connectivity index (χ4n) is 4.74. The summed E-state index contributed by atoms with van der Waals surface area (Å²) in [6, 6.07) is 12.3. The maximum absolute atomic E-state index is 13.8. The number of rotatable bonds is 11. The third-order valence-corrected chi connectivity index (χ3v) is 9.05. The zero-order valence-electron chi connectivity index (χ0n) is 23.1. The number of amides is 1. The van der Waals surface area contributed by atoms with Gasteiger partial charge in [-0.2, -0.15) is 0 Å². The predicted octanol–water partition coefficient (Wildman–Crippen LogP) is 5.10. The molecule has 2 heterocycles. The molecule has 0 N–H and O–H groups in total. The molecule has 1 amide bonds. The van der Waals surface area contributed by atoms with E-state index in [-0.39, 0.29) is 34.3 Å². The Balaban J connectivity index is 1.66. The highest BCUT2D eigenvalue weighted by Gasteiger charge is 2.28. The average molecular weight is 608 g/mol. The van der Waals surface area contributed by atoms with Crippen LogP contribution in [0.1, 0.15) is 41.0 Å². The summed E-state index contributed by atoms with van der Waals surface area (Å²) in [4.78, 5) is 22.1. The summed E-state index contributed by atoms with van der Waals surface area (Å²) in [5.74, 6) is -0.242. The molecule has 0 spiro atoms. The van der Waals surface area contributed by atoms with Gasteiger partial charge in [0.25, 0.3) is 5.91 Å². The summed E-state index contributed by atoms with van der Waals surface area (Å²) < 4.78 is 34.4. The van der Waals surface area contributed by atoms with E-state index in [1.54, 1.807) is 33.9 Å². The van der Waals surface area contributed by atoms with E-state index in [1.165, 1.54) is 0 Å². The Morgan fingerprint density at radius 1 is 1.12 bits per heavy atom. The Bertz CT molecular complexity index is 1440. The molecule has 11 heteroatoms. The highest BCUT2D eigenvalue weighted by Crippen LogP contribution is 2.25. The molecule has 216 valence electrons. The first kappa shape index (κ1) is 30.5. The van der Waals surface area contributed by atoms with Crippen LogP contribution < -0.4 is 0 Å². The Kier molecular flexibility index (Phi) is 10.3. The minimum absolute atomic E-state index is 0.0181. The number of sulfone groups is 1. The molecule has 1 aromatic heterocycles. The van der Waals surface area contributed by atoms with Gasteiger partial charge in [-0.05, 0) is 42.2 Å². The second kappa shape index (κ2) is 13.5. The van der Waals surface area contributed by atoms with E-state index in [0.29, 0.717) is 49.1 Å². The van der Waals surface area contributed by atoms with E-state index < -0.39 is 9.84 Å². The predicted molar refractivity (Wildman–Crippen MR) is 158 cm³/mol. The number of hydrogen-bond donors (Lipinski definition) is 0. The number of carbonyl (C=O) groups is 1. The monoisotopic (exact) mass is 606 g/mol. The lowest BCUT2D eigenvalue weighted by Crippen LogP contribution is -2.43. The SMILES string of the molecule is Cc1ccccc1CS(=O)(=O)c1ncc(CN(CCN2CCOCC2)C(=O)c2ccc(Cl)cc2Cl)n1CC(C)C. The smallest absolute Gasteiger partial charge is 0.255 e. The van der Waals surface area contributed by atoms with Crippen molar-refractivity contribution in [1.82, 2.24) is 19.4 Å². The molecule has 0 saturated carbocycles. The quantitative estimate of drug-likeness (QED) is 0.302. The molecule has 4 rings (SSSR count). The second-order valence-electron chi connectivity index (χ2n) is 10.5. The molecule has 0 aliphatic carbocycles. The number of halogens is 2. The van der Waals surface area contributed by atoms with Crippen LogP contribution in [0.15, 0.2) is 53.8 Å². The molecule has 1 saturated heterocycles. The summed E-state index contributed by atoms with van der Waals surface area (Å²) in [6.07, 6.45) is 1.57. The van der Waals surface area contributed by atoms with Crippen LogP contribution in [0.25, 0.3) is 0 Å². The first-order chi connectivity index (χ1) is 19.0. The van der Waals surface area contributed by atoms with E-state index in [2.05, 4.69) is 9.88 Å². The molecule has 0 bridgehead atoms. The Labute approximate surface area is 246 Å². The highest BCUT2D eigenvalue weighted by atomic mass is 35.5. The van der Waals surface area contributed by atoms with Crippen LogP contribution in [0.2, 0.25) is 10.0 Å². The minimum atomic E-state index is -3.75. The van der Waals surface area contributed by atoms with Crippen molar-refractivity contribution in [3.05, 3.63) is 81.1 Å². The summed E-state index contributed by atoms with van der Waals surface area (Å²) in [6.45, 7) is 10.5. The molecule has 0 atom stereocenters. The summed E-state index contributed by atoms with van der Waals surface area (Å²) in [7, 11) is -3.75. The third-order valence-electron chi connectivity index (χ3n) is 6.93. The maximum Gasteiger partial charge on any atom is 0.255 e. The molecule has 2 aromatic carbocycles. The number of carbonyl (C=O) groups excluding carboxylic acids is 1. The van der Waals surface area contributed by atoms with Crippen molar-refractivity contribution in [3.63, 3.8) is 0 Å². The van der Waals surface area contributed by atoms with E-state index in [4.69, 9.17) is 27.9 Å². The van der Waals surface area contributed by atoms with Crippen LogP contribution in [0.4, 0.5) is 0 Å². The normalized spacial score (nSPS) is 14.6. The number of ether oxygens (including phenoxy) is 1. The van der Waals surface area contributed by atoms with Gasteiger partial charge in [0.1, 0.15) is 0 Å². The van der Waals surface area contributed by atoms with Crippen molar-refractivity contribution in [1.29, 1.82) is 0 Å². The molecule has 0 radical (unpaired) electrons. The Hall–Kier alpha value is -2.43. The second-order valence-corrected chi connectivity index (χ2v) is 13.3. The number of benzene rings is 2. The van der Waals surface area contributed by atoms with Gasteiger partial charge in [-0.15, -0.1) is 0 Å². The van der Waals surface area contributed by atoms with E-state index in [1.807, 2.05) is 45.0 Å². The van der Waals surface area contributed by atoms with Crippen molar-refractivity contribution in [2.24, 2.45) is 5.92 Å². The summed E-state index contributed by atoms with van der Waals surface area (Å²) >= 11 is 12.5. The molecular weight excluding hydrogens is 571 g/mol. The molecular formula is C29H36Cl2N4O4S. The number of nitrogens with zero attached hydrogens (tertiary/aromatic N) is 4. The topological polar surface area (TPSA) is 84.7 Å². The molecule has 1 aliphatic heterocycles. The average Bonchev–Trinajstić information content (AvgIpc) is 3.30. The van der Waals surface area contributed by atoms with Crippen molar-refractivity contribution >= 4 is 38.9 Å². The van der Waals surface area contributed by atoms with Gasteiger partial charge in [-0.1, -0.05) is 61.3 Å². The third kappa shape index (κ3) is 7.64. The molecule has 40 heavy (non-hydrogen) atoms. The number of aryl methyl sites for hydroxylation is 1. The molecule has 3 aromatic rings. The van der Waals surface area contributed by atoms with Crippen LogP contribution in [0.5, 0.6) is 0 Å². The number of aromatic nitrogens is 2. The summed E-state index contributed by atoms with van der Waals surface area (Å²) in [5.41, 5.74) is 2.64. The standard InChI is InChI=1S/C29H36Cl2N4O4S/c1-21(2)18-35-25(17-32-29(35)40(37,38)20-23-7-5-4-6-22(23)3)19-34(11-10-33-12-14-39-15-13-33)28(36)26-9-8-24(30)16-27(26)31/h4-9,16-17,21H,10-15,18-20H2,1-3H3. The van der Waals surface area contributed by atoms with E-state index >= 15 is 0 Å². The minimum Gasteiger partial charge on any atom is -0.379 e. The van der Waals surface area contributed by atoms with Gasteiger partial charge in [0.2, 0.25) is 15.0 Å². The van der Waals surface area contributed by atoms with Crippen LogP contribution in [0, 0.1) is 12.8 Å². The van der Waals surface area contributed by atoms with Crippen LogP contribution in [0.3, 0.4) is 0 Å². The first-order valence-corrected chi connectivity index (χ1v) is 15.8. The van der Waals surface area contributed by atoms with Crippen LogP contribution in [-0.4, -0.2) is 73.1 Å².